The van der Waals surface area contributed by atoms with Gasteiger partial charge in [-0.15, -0.1) is 0 Å². The predicted molar refractivity (Wildman–Crippen MR) is 74.2 cm³/mol. The molecule has 0 saturated heterocycles. The van der Waals surface area contributed by atoms with Crippen molar-refractivity contribution in [1.29, 1.82) is 0 Å². The summed E-state index contributed by atoms with van der Waals surface area (Å²) in [5.74, 6) is -0.908. The number of rotatable bonds is 4. The molecule has 1 aromatic carbocycles. The van der Waals surface area contributed by atoms with Crippen LogP contribution in [0.1, 0.15) is 26.3 Å². The minimum absolute atomic E-state index is 0.0695. The molecule has 0 aliphatic carbocycles. The van der Waals surface area contributed by atoms with Gasteiger partial charge in [-0.05, 0) is 51.5 Å². The highest BCUT2D eigenvalue weighted by atomic mass is 32.2. The summed E-state index contributed by atoms with van der Waals surface area (Å²) in [5.41, 5.74) is -0.207. The average Bonchev–Trinajstić information content (AvgIpc) is 2.28. The summed E-state index contributed by atoms with van der Waals surface area (Å²) in [6.07, 6.45) is 0. The Morgan fingerprint density at radius 2 is 1.90 bits per heavy atom. The second-order valence-electron chi connectivity index (χ2n) is 5.53. The fraction of sp³-hybridized carbons (Fsp3) is 0.462. The van der Waals surface area contributed by atoms with E-state index < -0.39 is 27.3 Å². The van der Waals surface area contributed by atoms with Crippen molar-refractivity contribution in [2.24, 2.45) is 0 Å². The summed E-state index contributed by atoms with van der Waals surface area (Å²) in [6.45, 7) is 6.49. The maximum atomic E-state index is 13.1. The molecule has 5 nitrogen and oxygen atoms in total. The molecule has 112 valence electrons. The zero-order chi connectivity index (χ0) is 15.6. The summed E-state index contributed by atoms with van der Waals surface area (Å²) in [6, 6.07) is 3.46. The molecule has 0 aromatic heterocycles. The molecule has 0 fully saturated rings. The van der Waals surface area contributed by atoms with Crippen molar-refractivity contribution in [1.82, 2.24) is 10.0 Å². The summed E-state index contributed by atoms with van der Waals surface area (Å²) in [5, 5.41) is 2.64. The average molecular weight is 302 g/mol. The maximum Gasteiger partial charge on any atom is 0.241 e. The van der Waals surface area contributed by atoms with E-state index in [0.29, 0.717) is 0 Å². The molecule has 7 heteroatoms. The standard InChI is InChI=1S/C13H19FN2O3S/c1-9-7-10(5-6-11(9)14)20(18,19)15-8-12(17)16-13(2,3)4/h5-7,15H,8H2,1-4H3,(H,16,17). The van der Waals surface area contributed by atoms with Crippen molar-refractivity contribution in [3.8, 4) is 0 Å². The second-order valence-corrected chi connectivity index (χ2v) is 7.30. The number of amides is 1. The van der Waals surface area contributed by atoms with Crippen molar-refractivity contribution in [3.63, 3.8) is 0 Å². The fourth-order valence-corrected chi connectivity index (χ4v) is 2.56. The third-order valence-electron chi connectivity index (χ3n) is 2.38. The van der Waals surface area contributed by atoms with E-state index in [0.717, 1.165) is 12.1 Å². The molecule has 0 atom stereocenters. The lowest BCUT2D eigenvalue weighted by atomic mass is 10.1. The molecule has 0 aliphatic rings. The molecule has 1 rings (SSSR count). The second kappa shape index (κ2) is 5.88. The van der Waals surface area contributed by atoms with Gasteiger partial charge in [0.25, 0.3) is 0 Å². The minimum Gasteiger partial charge on any atom is -0.350 e. The van der Waals surface area contributed by atoms with Crippen LogP contribution < -0.4 is 10.0 Å². The number of carbonyl (C=O) groups excluding carboxylic acids is 1. The number of nitrogens with one attached hydrogen (secondary N) is 2. The van der Waals surface area contributed by atoms with Crippen LogP contribution in [0.15, 0.2) is 23.1 Å². The van der Waals surface area contributed by atoms with Crippen LogP contribution in [0.4, 0.5) is 4.39 Å². The lowest BCUT2D eigenvalue weighted by molar-refractivity contribution is -0.121. The number of halogens is 1. The highest BCUT2D eigenvalue weighted by Crippen LogP contribution is 2.13. The van der Waals surface area contributed by atoms with E-state index in [4.69, 9.17) is 0 Å². The Kier molecular flexibility index (Phi) is 4.88. The molecule has 0 unspecified atom stereocenters. The largest absolute Gasteiger partial charge is 0.350 e. The van der Waals surface area contributed by atoms with Crippen LogP contribution in [0, 0.1) is 12.7 Å². The number of carbonyl (C=O) groups is 1. The molecular weight excluding hydrogens is 283 g/mol. The van der Waals surface area contributed by atoms with Gasteiger partial charge in [0, 0.05) is 5.54 Å². The first-order chi connectivity index (χ1) is 9.01. The molecule has 20 heavy (non-hydrogen) atoms. The van der Waals surface area contributed by atoms with Crippen molar-refractivity contribution < 1.29 is 17.6 Å². The van der Waals surface area contributed by atoms with Gasteiger partial charge in [-0.2, -0.15) is 0 Å². The first-order valence-electron chi connectivity index (χ1n) is 6.08. The zero-order valence-electron chi connectivity index (χ0n) is 12.0. The maximum absolute atomic E-state index is 13.1. The number of sulfonamides is 1. The summed E-state index contributed by atoms with van der Waals surface area (Å²) in [4.78, 5) is 11.5. The van der Waals surface area contributed by atoms with Gasteiger partial charge in [0.15, 0.2) is 0 Å². The van der Waals surface area contributed by atoms with E-state index >= 15 is 0 Å². The highest BCUT2D eigenvalue weighted by Gasteiger charge is 2.19. The number of hydrogen-bond donors (Lipinski definition) is 2. The summed E-state index contributed by atoms with van der Waals surface area (Å²) >= 11 is 0. The van der Waals surface area contributed by atoms with Gasteiger partial charge in [0.2, 0.25) is 15.9 Å². The molecule has 0 saturated carbocycles. The molecule has 1 aromatic rings. The van der Waals surface area contributed by atoms with Crippen LogP contribution in [-0.2, 0) is 14.8 Å². The molecule has 0 bridgehead atoms. The lowest BCUT2D eigenvalue weighted by Crippen LogP contribution is -2.45. The molecule has 0 radical (unpaired) electrons. The molecule has 0 spiro atoms. The molecule has 2 N–H and O–H groups in total. The Hall–Kier alpha value is -1.47. The topological polar surface area (TPSA) is 75.3 Å². The number of benzene rings is 1. The summed E-state index contributed by atoms with van der Waals surface area (Å²) < 4.78 is 39.2. The smallest absolute Gasteiger partial charge is 0.241 e. The van der Waals surface area contributed by atoms with E-state index in [2.05, 4.69) is 10.0 Å². The molecule has 0 heterocycles. The molecule has 1 amide bonds. The van der Waals surface area contributed by atoms with Gasteiger partial charge >= 0.3 is 0 Å². The van der Waals surface area contributed by atoms with Gasteiger partial charge in [-0.25, -0.2) is 17.5 Å². The van der Waals surface area contributed by atoms with Crippen molar-refractivity contribution in [2.45, 2.75) is 38.1 Å². The SMILES string of the molecule is Cc1cc(S(=O)(=O)NCC(=O)NC(C)(C)C)ccc1F. The van der Waals surface area contributed by atoms with E-state index in [9.17, 15) is 17.6 Å². The highest BCUT2D eigenvalue weighted by molar-refractivity contribution is 7.89. The molecule has 0 aliphatic heterocycles. The predicted octanol–water partition coefficient (Wildman–Crippen LogP) is 1.33. The Balaban J connectivity index is 2.76. The van der Waals surface area contributed by atoms with Crippen LogP contribution in [0.3, 0.4) is 0 Å². The minimum atomic E-state index is -3.83. The van der Waals surface area contributed by atoms with Crippen molar-refractivity contribution in [2.75, 3.05) is 6.54 Å². The van der Waals surface area contributed by atoms with Crippen LogP contribution >= 0.6 is 0 Å². The van der Waals surface area contributed by atoms with Gasteiger partial charge in [-0.1, -0.05) is 0 Å². The third kappa shape index (κ3) is 4.90. The van der Waals surface area contributed by atoms with Crippen LogP contribution in [0.2, 0.25) is 0 Å². The zero-order valence-corrected chi connectivity index (χ0v) is 12.8. The van der Waals surface area contributed by atoms with Crippen LogP contribution in [0.5, 0.6) is 0 Å². The van der Waals surface area contributed by atoms with Gasteiger partial charge in [0.1, 0.15) is 5.82 Å². The lowest BCUT2D eigenvalue weighted by Gasteiger charge is -2.20. The van der Waals surface area contributed by atoms with Gasteiger partial charge in [0.05, 0.1) is 11.4 Å². The fourth-order valence-electron chi connectivity index (χ4n) is 1.49. The first kappa shape index (κ1) is 16.6. The monoisotopic (exact) mass is 302 g/mol. The van der Waals surface area contributed by atoms with Gasteiger partial charge < -0.3 is 5.32 Å². The normalized spacial score (nSPS) is 12.2. The quantitative estimate of drug-likeness (QED) is 0.881. The Morgan fingerprint density at radius 3 is 2.40 bits per heavy atom. The third-order valence-corrected chi connectivity index (χ3v) is 3.78. The summed E-state index contributed by atoms with van der Waals surface area (Å²) in [7, 11) is -3.83. The van der Waals surface area contributed by atoms with Crippen molar-refractivity contribution in [3.05, 3.63) is 29.6 Å². The Morgan fingerprint density at radius 1 is 1.30 bits per heavy atom. The number of aryl methyl sites for hydroxylation is 1. The van der Waals surface area contributed by atoms with E-state index in [1.165, 1.54) is 13.0 Å². The van der Waals surface area contributed by atoms with E-state index in [1.54, 1.807) is 20.8 Å². The van der Waals surface area contributed by atoms with Crippen molar-refractivity contribution >= 4 is 15.9 Å². The Bertz CT molecular complexity index is 607. The van der Waals surface area contributed by atoms with E-state index in [-0.39, 0.29) is 17.0 Å². The van der Waals surface area contributed by atoms with Crippen LogP contribution in [0.25, 0.3) is 0 Å². The van der Waals surface area contributed by atoms with E-state index in [1.807, 2.05) is 0 Å². The first-order valence-corrected chi connectivity index (χ1v) is 7.56. The molecular formula is C13H19FN2O3S. The van der Waals surface area contributed by atoms with Crippen LogP contribution in [-0.4, -0.2) is 26.4 Å². The number of hydrogen-bond acceptors (Lipinski definition) is 3. The van der Waals surface area contributed by atoms with Gasteiger partial charge in [-0.3, -0.25) is 4.79 Å². The Labute approximate surface area is 118 Å².